The number of hydrogen-bond acceptors (Lipinski definition) is 17. The summed E-state index contributed by atoms with van der Waals surface area (Å²) in [4.78, 5) is 98.6. The Balaban J connectivity index is 0.000000244. The fourth-order valence-electron chi connectivity index (χ4n) is 20.2. The van der Waals surface area contributed by atoms with Crippen molar-refractivity contribution >= 4 is 47.8 Å². The Morgan fingerprint density at radius 2 is 0.847 bits per heavy atom. The summed E-state index contributed by atoms with van der Waals surface area (Å²) in [5.41, 5.74) is -1.19. The SMILES string of the molecule is CC(=O)OC1CCC2(C)C(C1)CC(OC(C)=O)C1C2CC(OC(C)=O)C2(C)C(C(C)CCC(=O)OC(C)(C)C)CCC12.CCOC(C)OC(=O)CCC(C)C1CCC2C3C(OC(C)=O)CC4CC(OC(C)=O)CCC4(C)C3CC(OC(C)=O)C12C. The molecule has 8 rings (SSSR count). The molecule has 0 aliphatic heterocycles. The van der Waals surface area contributed by atoms with Crippen molar-refractivity contribution in [1.29, 1.82) is 0 Å². The Kier molecular flexibility index (Phi) is 21.8. The molecular formula is C68H108O17. The quantitative estimate of drug-likeness (QED) is 0.0751. The molecule has 0 radical (unpaired) electrons. The van der Waals surface area contributed by atoms with Gasteiger partial charge < -0.3 is 42.6 Å². The summed E-state index contributed by atoms with van der Waals surface area (Å²) in [5, 5.41) is 0. The van der Waals surface area contributed by atoms with E-state index in [1.165, 1.54) is 41.5 Å². The number of ether oxygens (including phenoxy) is 9. The van der Waals surface area contributed by atoms with Crippen LogP contribution in [0.25, 0.3) is 0 Å². The summed E-state index contributed by atoms with van der Waals surface area (Å²) in [6, 6.07) is 0. The summed E-state index contributed by atoms with van der Waals surface area (Å²) in [7, 11) is 0. The molecule has 17 nitrogen and oxygen atoms in total. The summed E-state index contributed by atoms with van der Waals surface area (Å²) in [6.45, 7) is 32.3. The van der Waals surface area contributed by atoms with Gasteiger partial charge in [0.2, 0.25) is 0 Å². The highest BCUT2D eigenvalue weighted by Gasteiger charge is 2.70. The lowest BCUT2D eigenvalue weighted by Crippen LogP contribution is -2.63. The van der Waals surface area contributed by atoms with Crippen molar-refractivity contribution < 1.29 is 81.0 Å². The van der Waals surface area contributed by atoms with Gasteiger partial charge in [-0.25, -0.2) is 0 Å². The summed E-state index contributed by atoms with van der Waals surface area (Å²) in [5.74, 6) is 0.570. The van der Waals surface area contributed by atoms with Gasteiger partial charge in [0.15, 0.2) is 6.29 Å². The third kappa shape index (κ3) is 14.9. The largest absolute Gasteiger partial charge is 0.463 e. The first-order valence-corrected chi connectivity index (χ1v) is 32.7. The fraction of sp³-hybridized carbons (Fsp3) is 0.882. The molecule has 0 aromatic heterocycles. The Bertz CT molecular complexity index is 2420. The second-order valence-electron chi connectivity index (χ2n) is 29.7. The molecule has 0 saturated heterocycles. The van der Waals surface area contributed by atoms with Crippen molar-refractivity contribution in [2.75, 3.05) is 6.61 Å². The summed E-state index contributed by atoms with van der Waals surface area (Å²) >= 11 is 0. The average molecular weight is 1200 g/mol. The van der Waals surface area contributed by atoms with Crippen LogP contribution < -0.4 is 0 Å². The minimum atomic E-state index is -0.566. The van der Waals surface area contributed by atoms with E-state index in [-0.39, 0.29) is 177 Å². The standard InChI is InChI=1S/C34H54O9.C34H54O8/c1-9-39-23(6)43-31(38)13-10-19(2)26-11-12-27-32-28(18-30(34(26,27)8)42-22(5)37)33(7)15-14-25(40-20(3)35)16-24(33)17-29(32)41-21(4)36;1-19(10-13-30(38)42-32(5,6)7)25-11-12-26-31-27(18-29(34(25,26)9)41-22(4)37)33(8)15-14-24(39-20(2)35)16-23(33)17-28(31)40-21(3)36/h19,23-30,32H,9-18H2,1-8H3;19,23-29,31H,10-18H2,1-9H3. The number of carbonyl (C=O) groups is 8. The zero-order valence-electron chi connectivity index (χ0n) is 54.8. The van der Waals surface area contributed by atoms with Gasteiger partial charge in [-0.3, -0.25) is 38.4 Å². The minimum absolute atomic E-state index is 0.0297. The van der Waals surface area contributed by atoms with Crippen molar-refractivity contribution in [3.63, 3.8) is 0 Å². The molecule has 23 atom stereocenters. The summed E-state index contributed by atoms with van der Waals surface area (Å²) < 4.78 is 52.4. The lowest BCUT2D eigenvalue weighted by atomic mass is 9.43. The van der Waals surface area contributed by atoms with Gasteiger partial charge in [0.25, 0.3) is 0 Å². The van der Waals surface area contributed by atoms with Crippen LogP contribution in [0.2, 0.25) is 0 Å². The fourth-order valence-corrected chi connectivity index (χ4v) is 20.2. The van der Waals surface area contributed by atoms with Crippen LogP contribution in [0.4, 0.5) is 0 Å². The molecule has 85 heavy (non-hydrogen) atoms. The van der Waals surface area contributed by atoms with Gasteiger partial charge in [0, 0.05) is 83.7 Å². The molecule has 23 unspecified atom stereocenters. The van der Waals surface area contributed by atoms with E-state index in [0.717, 1.165) is 89.9 Å². The highest BCUT2D eigenvalue weighted by Crippen LogP contribution is 2.71. The predicted octanol–water partition coefficient (Wildman–Crippen LogP) is 12.4. The molecule has 0 amide bonds. The summed E-state index contributed by atoms with van der Waals surface area (Å²) in [6.07, 6.45) is 12.1. The average Bonchev–Trinajstić information content (AvgIpc) is 1.71. The van der Waals surface area contributed by atoms with Crippen molar-refractivity contribution in [3.8, 4) is 0 Å². The van der Waals surface area contributed by atoms with Crippen molar-refractivity contribution in [1.82, 2.24) is 0 Å². The van der Waals surface area contributed by atoms with Crippen molar-refractivity contribution in [3.05, 3.63) is 0 Å². The first-order chi connectivity index (χ1) is 39.6. The molecule has 8 saturated carbocycles. The topological polar surface area (TPSA) is 220 Å². The normalized spacial score (nSPS) is 39.9. The molecule has 0 aromatic carbocycles. The van der Waals surface area contributed by atoms with E-state index in [1.54, 1.807) is 6.92 Å². The van der Waals surface area contributed by atoms with Crippen LogP contribution in [-0.4, -0.2) is 103 Å². The Morgan fingerprint density at radius 1 is 0.471 bits per heavy atom. The van der Waals surface area contributed by atoms with Gasteiger partial charge in [-0.1, -0.05) is 41.5 Å². The molecule has 0 spiro atoms. The highest BCUT2D eigenvalue weighted by molar-refractivity contribution is 5.70. The zero-order chi connectivity index (χ0) is 62.9. The van der Waals surface area contributed by atoms with E-state index in [9.17, 15) is 38.4 Å². The molecule has 17 heteroatoms. The van der Waals surface area contributed by atoms with Crippen LogP contribution in [0.5, 0.6) is 0 Å². The van der Waals surface area contributed by atoms with Gasteiger partial charge in [-0.05, 0) is 207 Å². The second-order valence-corrected chi connectivity index (χ2v) is 29.7. The molecule has 482 valence electrons. The minimum Gasteiger partial charge on any atom is -0.463 e. The molecule has 0 N–H and O–H groups in total. The maximum absolute atomic E-state index is 12.6. The molecule has 8 fully saturated rings. The van der Waals surface area contributed by atoms with Gasteiger partial charge >= 0.3 is 47.8 Å². The zero-order valence-corrected chi connectivity index (χ0v) is 54.8. The number of carbonyl (C=O) groups excluding carboxylic acids is 8. The molecule has 0 aromatic rings. The first-order valence-electron chi connectivity index (χ1n) is 32.7. The van der Waals surface area contributed by atoms with Gasteiger partial charge in [0.1, 0.15) is 42.2 Å². The highest BCUT2D eigenvalue weighted by atomic mass is 16.7. The van der Waals surface area contributed by atoms with Crippen LogP contribution in [0.15, 0.2) is 0 Å². The number of rotatable bonds is 17. The van der Waals surface area contributed by atoms with Gasteiger partial charge in [0.05, 0.1) is 0 Å². The maximum atomic E-state index is 12.6. The van der Waals surface area contributed by atoms with Crippen LogP contribution >= 0.6 is 0 Å². The van der Waals surface area contributed by atoms with E-state index in [4.69, 9.17) is 42.6 Å². The third-order valence-electron chi connectivity index (χ3n) is 23.5. The van der Waals surface area contributed by atoms with Crippen LogP contribution in [0, 0.1) is 92.7 Å². The van der Waals surface area contributed by atoms with Crippen molar-refractivity contribution in [2.24, 2.45) is 92.7 Å². The predicted molar refractivity (Wildman–Crippen MR) is 315 cm³/mol. The lowest BCUT2D eigenvalue weighted by molar-refractivity contribution is -0.225. The van der Waals surface area contributed by atoms with E-state index in [1.807, 2.05) is 27.7 Å². The second kappa shape index (κ2) is 27.2. The van der Waals surface area contributed by atoms with E-state index < -0.39 is 11.9 Å². The van der Waals surface area contributed by atoms with Crippen molar-refractivity contribution in [2.45, 2.75) is 282 Å². The Hall–Kier alpha value is -4.28. The monoisotopic (exact) mass is 1200 g/mol. The number of esters is 8. The molecule has 0 bridgehead atoms. The third-order valence-corrected chi connectivity index (χ3v) is 23.5. The molecule has 8 aliphatic carbocycles. The first kappa shape index (κ1) is 68.2. The van der Waals surface area contributed by atoms with Crippen LogP contribution in [0.3, 0.4) is 0 Å². The van der Waals surface area contributed by atoms with E-state index in [2.05, 4.69) is 41.5 Å². The Morgan fingerprint density at radius 3 is 1.20 bits per heavy atom. The smallest absolute Gasteiger partial charge is 0.308 e. The number of hydrogen-bond donors (Lipinski definition) is 0. The molecule has 8 aliphatic rings. The number of fused-ring (bicyclic) bond motifs is 10. The lowest BCUT2D eigenvalue weighted by Gasteiger charge is -2.64. The van der Waals surface area contributed by atoms with Crippen LogP contribution in [0.1, 0.15) is 233 Å². The van der Waals surface area contributed by atoms with Gasteiger partial charge in [-0.15, -0.1) is 0 Å². The Labute approximate surface area is 507 Å². The van der Waals surface area contributed by atoms with Crippen LogP contribution in [-0.2, 0) is 81.0 Å². The van der Waals surface area contributed by atoms with E-state index >= 15 is 0 Å². The molecular weight excluding hydrogens is 1090 g/mol. The van der Waals surface area contributed by atoms with Gasteiger partial charge in [-0.2, -0.15) is 0 Å². The maximum Gasteiger partial charge on any atom is 0.308 e. The van der Waals surface area contributed by atoms with E-state index in [0.29, 0.717) is 32.3 Å². The molecule has 0 heterocycles.